The second kappa shape index (κ2) is 13.2. The summed E-state index contributed by atoms with van der Waals surface area (Å²) in [5.41, 5.74) is 2.60. The lowest BCUT2D eigenvalue weighted by molar-refractivity contribution is -0.111. The number of rotatable bonds is 12. The normalized spacial score (nSPS) is 15.0. The summed E-state index contributed by atoms with van der Waals surface area (Å²) < 4.78 is 10.5. The van der Waals surface area contributed by atoms with E-state index in [-0.39, 0.29) is 11.9 Å². The Balaban J connectivity index is 1.41. The molecule has 3 aromatic rings. The molecule has 4 heterocycles. The zero-order valence-corrected chi connectivity index (χ0v) is 23.1. The first-order valence-electron chi connectivity index (χ1n) is 13.6. The van der Waals surface area contributed by atoms with Gasteiger partial charge in [-0.15, -0.1) is 0 Å². The van der Waals surface area contributed by atoms with Crippen LogP contribution in [-0.4, -0.2) is 83.2 Å². The number of benzene rings is 1. The molecule has 5 rings (SSSR count). The third kappa shape index (κ3) is 6.97. The van der Waals surface area contributed by atoms with Crippen LogP contribution < -0.4 is 20.3 Å². The lowest BCUT2D eigenvalue weighted by Gasteiger charge is -2.37. The molecule has 41 heavy (non-hydrogen) atoms. The minimum Gasteiger partial charge on any atom is -0.475 e. The second-order valence-corrected chi connectivity index (χ2v) is 9.73. The maximum absolute atomic E-state index is 13.9. The highest BCUT2D eigenvalue weighted by atomic mass is 16.5. The Morgan fingerprint density at radius 3 is 2.68 bits per heavy atom. The number of amides is 3. The fourth-order valence-electron chi connectivity index (χ4n) is 4.76. The highest BCUT2D eigenvalue weighted by Gasteiger charge is 2.34. The van der Waals surface area contributed by atoms with Crippen molar-refractivity contribution < 1.29 is 19.1 Å². The first-order valence-corrected chi connectivity index (χ1v) is 13.6. The Kier molecular flexibility index (Phi) is 9.02. The summed E-state index contributed by atoms with van der Waals surface area (Å²) in [6.07, 6.45) is 6.95. The molecule has 1 fully saturated rings. The zero-order chi connectivity index (χ0) is 28.6. The standard InChI is InChI=1S/C29H34N8O4/c1-3-25(38)32-22-7-6-8-24(17-22)37-27-21(20-36(29(37)39)14-13-35-11-4-5-12-35)18-31-28(34-27)33-23-9-10-26(30-19-23)41-16-15-40-2/h3,6-10,17-19H,1,4-5,11-16,20H2,2H3,(H,32,38)(H,31,33,34). The number of urea groups is 1. The molecule has 12 nitrogen and oxygen atoms in total. The van der Waals surface area contributed by atoms with Crippen molar-refractivity contribution in [3.05, 3.63) is 67.0 Å². The number of hydrogen-bond acceptors (Lipinski definition) is 9. The van der Waals surface area contributed by atoms with Crippen LogP contribution in [0.5, 0.6) is 5.88 Å². The van der Waals surface area contributed by atoms with Gasteiger partial charge in [-0.05, 0) is 56.3 Å². The third-order valence-electron chi connectivity index (χ3n) is 6.85. The molecular weight excluding hydrogens is 524 g/mol. The van der Waals surface area contributed by atoms with Gasteiger partial charge in [0.05, 0.1) is 30.7 Å². The van der Waals surface area contributed by atoms with Gasteiger partial charge in [0.25, 0.3) is 0 Å². The monoisotopic (exact) mass is 558 g/mol. The van der Waals surface area contributed by atoms with E-state index in [2.05, 4.69) is 32.1 Å². The van der Waals surface area contributed by atoms with E-state index in [1.165, 1.54) is 18.9 Å². The minimum absolute atomic E-state index is 0.187. The molecule has 0 unspecified atom stereocenters. The number of hydrogen-bond donors (Lipinski definition) is 2. The van der Waals surface area contributed by atoms with Crippen molar-refractivity contribution in [1.82, 2.24) is 24.8 Å². The Morgan fingerprint density at radius 1 is 1.07 bits per heavy atom. The van der Waals surface area contributed by atoms with E-state index in [4.69, 9.17) is 14.5 Å². The molecule has 0 saturated carbocycles. The Hall–Kier alpha value is -4.55. The number of nitrogens with one attached hydrogen (secondary N) is 2. The lowest BCUT2D eigenvalue weighted by atomic mass is 10.1. The molecule has 12 heteroatoms. The predicted octanol–water partition coefficient (Wildman–Crippen LogP) is 3.93. The van der Waals surface area contributed by atoms with Crippen LogP contribution in [0, 0.1) is 0 Å². The summed E-state index contributed by atoms with van der Waals surface area (Å²) in [6.45, 7) is 8.30. The summed E-state index contributed by atoms with van der Waals surface area (Å²) in [5.74, 6) is 0.938. The second-order valence-electron chi connectivity index (χ2n) is 9.73. The number of anilines is 5. The van der Waals surface area contributed by atoms with E-state index >= 15 is 0 Å². The molecule has 1 saturated heterocycles. The number of pyridine rings is 1. The minimum atomic E-state index is -0.336. The summed E-state index contributed by atoms with van der Waals surface area (Å²) >= 11 is 0. The predicted molar refractivity (Wildman–Crippen MR) is 156 cm³/mol. The van der Waals surface area contributed by atoms with Gasteiger partial charge in [-0.1, -0.05) is 12.6 Å². The maximum Gasteiger partial charge on any atom is 0.330 e. The average Bonchev–Trinajstić information content (AvgIpc) is 3.51. The molecule has 2 aromatic heterocycles. The summed E-state index contributed by atoms with van der Waals surface area (Å²) in [5, 5.41) is 5.93. The highest BCUT2D eigenvalue weighted by Crippen LogP contribution is 2.35. The van der Waals surface area contributed by atoms with Gasteiger partial charge in [0.1, 0.15) is 6.61 Å². The van der Waals surface area contributed by atoms with Gasteiger partial charge in [0, 0.05) is 43.7 Å². The first kappa shape index (κ1) is 28.0. The van der Waals surface area contributed by atoms with Crippen molar-refractivity contribution in [2.75, 3.05) is 62.0 Å². The largest absolute Gasteiger partial charge is 0.475 e. The van der Waals surface area contributed by atoms with Crippen molar-refractivity contribution in [2.45, 2.75) is 19.4 Å². The van der Waals surface area contributed by atoms with Gasteiger partial charge in [0.2, 0.25) is 17.7 Å². The number of likely N-dealkylation sites (tertiary alicyclic amines) is 1. The zero-order valence-electron chi connectivity index (χ0n) is 23.1. The van der Waals surface area contributed by atoms with Crippen LogP contribution in [0.25, 0.3) is 0 Å². The number of carbonyl (C=O) groups excluding carboxylic acids is 2. The number of nitrogens with zero attached hydrogens (tertiary/aromatic N) is 6. The van der Waals surface area contributed by atoms with Crippen LogP contribution in [0.2, 0.25) is 0 Å². The fraction of sp³-hybridized carbons (Fsp3) is 0.345. The number of ether oxygens (including phenoxy) is 2. The summed E-state index contributed by atoms with van der Waals surface area (Å²) in [7, 11) is 1.61. The lowest BCUT2D eigenvalue weighted by Crippen LogP contribution is -2.47. The fourth-order valence-corrected chi connectivity index (χ4v) is 4.76. The van der Waals surface area contributed by atoms with Crippen molar-refractivity contribution in [2.24, 2.45) is 0 Å². The first-order chi connectivity index (χ1) is 20.0. The van der Waals surface area contributed by atoms with Crippen LogP contribution >= 0.6 is 0 Å². The molecule has 0 spiro atoms. The number of aromatic nitrogens is 3. The van der Waals surface area contributed by atoms with Crippen molar-refractivity contribution in [3.8, 4) is 5.88 Å². The van der Waals surface area contributed by atoms with Gasteiger partial charge >= 0.3 is 6.03 Å². The molecular formula is C29H34N8O4. The molecule has 0 atom stereocenters. The Labute approximate surface area is 239 Å². The smallest absolute Gasteiger partial charge is 0.330 e. The van der Waals surface area contributed by atoms with Crippen LogP contribution in [0.15, 0.2) is 61.4 Å². The van der Waals surface area contributed by atoms with Crippen molar-refractivity contribution in [3.63, 3.8) is 0 Å². The molecule has 0 radical (unpaired) electrons. The maximum atomic E-state index is 13.9. The van der Waals surface area contributed by atoms with Gasteiger partial charge in [-0.2, -0.15) is 4.98 Å². The molecule has 2 N–H and O–H groups in total. The van der Waals surface area contributed by atoms with Crippen LogP contribution in [-0.2, 0) is 16.1 Å². The van der Waals surface area contributed by atoms with Gasteiger partial charge in [0.15, 0.2) is 5.82 Å². The molecule has 0 aliphatic carbocycles. The van der Waals surface area contributed by atoms with Crippen LogP contribution in [0.4, 0.5) is 33.6 Å². The van der Waals surface area contributed by atoms with E-state index in [0.717, 1.165) is 25.2 Å². The third-order valence-corrected chi connectivity index (χ3v) is 6.85. The van der Waals surface area contributed by atoms with Crippen molar-refractivity contribution >= 4 is 40.8 Å². The number of carbonyl (C=O) groups is 2. The van der Waals surface area contributed by atoms with Gasteiger partial charge in [-0.25, -0.2) is 19.7 Å². The summed E-state index contributed by atoms with van der Waals surface area (Å²) in [4.78, 5) is 45.2. The van der Waals surface area contributed by atoms with Gasteiger partial charge in [-0.3, -0.25) is 4.79 Å². The summed E-state index contributed by atoms with van der Waals surface area (Å²) in [6, 6.07) is 10.5. The molecule has 0 bridgehead atoms. The molecule has 2 aliphatic rings. The molecule has 1 aromatic carbocycles. The van der Waals surface area contributed by atoms with E-state index in [0.29, 0.717) is 61.0 Å². The van der Waals surface area contributed by atoms with Gasteiger partial charge < -0.3 is 29.9 Å². The quantitative estimate of drug-likeness (QED) is 0.251. The number of fused-ring (bicyclic) bond motifs is 1. The van der Waals surface area contributed by atoms with E-state index in [1.807, 2.05) is 17.0 Å². The molecule has 3 amide bonds. The van der Waals surface area contributed by atoms with E-state index in [9.17, 15) is 9.59 Å². The van der Waals surface area contributed by atoms with Crippen molar-refractivity contribution in [1.29, 1.82) is 0 Å². The molecule has 2 aliphatic heterocycles. The Morgan fingerprint density at radius 2 is 1.93 bits per heavy atom. The Bertz CT molecular complexity index is 1380. The van der Waals surface area contributed by atoms with E-state index < -0.39 is 0 Å². The molecule has 214 valence electrons. The topological polar surface area (TPSA) is 125 Å². The highest BCUT2D eigenvalue weighted by molar-refractivity contribution is 6.03. The SMILES string of the molecule is C=CC(=O)Nc1cccc(N2C(=O)N(CCN3CCCC3)Cc3cnc(Nc4ccc(OCCOC)nc4)nc32)c1. The van der Waals surface area contributed by atoms with Crippen LogP contribution in [0.3, 0.4) is 0 Å². The van der Waals surface area contributed by atoms with E-state index in [1.54, 1.807) is 48.7 Å². The average molecular weight is 559 g/mol. The van der Waals surface area contributed by atoms with Crippen LogP contribution in [0.1, 0.15) is 18.4 Å². The number of methoxy groups -OCH3 is 1.